The summed E-state index contributed by atoms with van der Waals surface area (Å²) in [6, 6.07) is 14.4. The predicted octanol–water partition coefficient (Wildman–Crippen LogP) is 5.10. The monoisotopic (exact) mass is 457 g/mol. The molecule has 2 atom stereocenters. The van der Waals surface area contributed by atoms with Crippen molar-refractivity contribution >= 4 is 16.8 Å². The molecule has 8 heteroatoms. The van der Waals surface area contributed by atoms with Gasteiger partial charge in [-0.1, -0.05) is 18.2 Å². The maximum Gasteiger partial charge on any atom is 0.573 e. The average molecular weight is 457 g/mol. The number of amides is 1. The standard InChI is InChI=1S/C25H26F3N3O2/c1-30-17-9-10-18(30)14-16(13-17)29-24(32)22-20-5-3-4-6-21(20)31(2)23(22)15-7-11-19(12-8-15)33-25(26,27)28/h3-8,11-12,16-18H,9-10,13-14H2,1-2H3,(H,29,32). The van der Waals surface area contributed by atoms with Gasteiger partial charge in [0.05, 0.1) is 11.3 Å². The molecule has 1 amide bonds. The number of aromatic nitrogens is 1. The molecule has 2 saturated heterocycles. The molecular weight excluding hydrogens is 431 g/mol. The van der Waals surface area contributed by atoms with Gasteiger partial charge in [0.2, 0.25) is 0 Å². The van der Waals surface area contributed by atoms with Crippen LogP contribution in [-0.2, 0) is 7.05 Å². The molecule has 2 bridgehead atoms. The quantitative estimate of drug-likeness (QED) is 0.593. The maximum atomic E-state index is 13.6. The van der Waals surface area contributed by atoms with Crippen LogP contribution in [0.15, 0.2) is 48.5 Å². The summed E-state index contributed by atoms with van der Waals surface area (Å²) >= 11 is 0. The third kappa shape index (κ3) is 4.08. The van der Waals surface area contributed by atoms with E-state index in [1.54, 1.807) is 12.1 Å². The lowest BCUT2D eigenvalue weighted by Gasteiger charge is -2.36. The Morgan fingerprint density at radius 1 is 1.00 bits per heavy atom. The number of piperidine rings is 1. The number of ether oxygens (including phenoxy) is 1. The van der Waals surface area contributed by atoms with Gasteiger partial charge in [0, 0.05) is 36.1 Å². The van der Waals surface area contributed by atoms with Gasteiger partial charge in [-0.15, -0.1) is 13.2 Å². The van der Waals surface area contributed by atoms with Crippen LogP contribution in [0.5, 0.6) is 5.75 Å². The molecule has 2 aromatic carbocycles. The SMILES string of the molecule is CN1C2CCC1CC(NC(=O)c1c(-c3ccc(OC(F)(F)F)cc3)n(C)c3ccccc13)C2. The van der Waals surface area contributed by atoms with Gasteiger partial charge in [-0.3, -0.25) is 4.79 Å². The molecule has 5 nitrogen and oxygen atoms in total. The molecule has 2 unspecified atom stereocenters. The summed E-state index contributed by atoms with van der Waals surface area (Å²) in [6.45, 7) is 0. The van der Waals surface area contributed by atoms with Crippen molar-refractivity contribution in [2.75, 3.05) is 7.05 Å². The second kappa shape index (κ2) is 8.09. The van der Waals surface area contributed by atoms with Crippen LogP contribution in [0.25, 0.3) is 22.2 Å². The van der Waals surface area contributed by atoms with E-state index in [1.165, 1.54) is 25.0 Å². The van der Waals surface area contributed by atoms with Crippen molar-refractivity contribution < 1.29 is 22.7 Å². The van der Waals surface area contributed by atoms with Crippen molar-refractivity contribution in [3.8, 4) is 17.0 Å². The summed E-state index contributed by atoms with van der Waals surface area (Å²) in [6.07, 6.45) is -0.552. The Morgan fingerprint density at radius 2 is 1.64 bits per heavy atom. The normalized spacial score (nSPS) is 23.1. The van der Waals surface area contributed by atoms with E-state index in [0.717, 1.165) is 23.7 Å². The summed E-state index contributed by atoms with van der Waals surface area (Å²) < 4.78 is 43.6. The molecule has 3 heterocycles. The zero-order valence-electron chi connectivity index (χ0n) is 18.5. The molecular formula is C25H26F3N3O2. The zero-order chi connectivity index (χ0) is 23.3. The molecule has 0 spiro atoms. The minimum absolute atomic E-state index is 0.112. The smallest absolute Gasteiger partial charge is 0.406 e. The minimum atomic E-state index is -4.75. The molecule has 0 saturated carbocycles. The number of nitrogens with zero attached hydrogens (tertiary/aromatic N) is 2. The van der Waals surface area contributed by atoms with Crippen molar-refractivity contribution in [1.82, 2.24) is 14.8 Å². The maximum absolute atomic E-state index is 13.6. The number of carbonyl (C=O) groups excluding carboxylic acids is 1. The van der Waals surface area contributed by atoms with Crippen LogP contribution >= 0.6 is 0 Å². The summed E-state index contributed by atoms with van der Waals surface area (Å²) in [4.78, 5) is 16.0. The Morgan fingerprint density at radius 3 is 2.27 bits per heavy atom. The third-order valence-corrected chi connectivity index (χ3v) is 7.13. The molecule has 3 aromatic rings. The predicted molar refractivity (Wildman–Crippen MR) is 120 cm³/mol. The Balaban J connectivity index is 1.49. The number of hydrogen-bond acceptors (Lipinski definition) is 3. The number of rotatable bonds is 4. The van der Waals surface area contributed by atoms with E-state index in [9.17, 15) is 18.0 Å². The van der Waals surface area contributed by atoms with Crippen LogP contribution in [0.3, 0.4) is 0 Å². The summed E-state index contributed by atoms with van der Waals surface area (Å²) in [5.74, 6) is -0.441. The molecule has 0 radical (unpaired) electrons. The zero-order valence-corrected chi connectivity index (χ0v) is 18.5. The molecule has 0 aliphatic carbocycles. The molecule has 5 rings (SSSR count). The lowest BCUT2D eigenvalue weighted by atomic mass is 9.97. The highest BCUT2D eigenvalue weighted by Crippen LogP contribution is 2.37. The van der Waals surface area contributed by atoms with Crippen LogP contribution < -0.4 is 10.1 Å². The molecule has 1 aromatic heterocycles. The number of fused-ring (bicyclic) bond motifs is 3. The topological polar surface area (TPSA) is 46.5 Å². The molecule has 2 aliphatic heterocycles. The van der Waals surface area contributed by atoms with E-state index in [4.69, 9.17) is 0 Å². The Kier molecular flexibility index (Phi) is 5.35. The van der Waals surface area contributed by atoms with E-state index in [2.05, 4.69) is 22.0 Å². The number of alkyl halides is 3. The lowest BCUT2D eigenvalue weighted by molar-refractivity contribution is -0.274. The highest BCUT2D eigenvalue weighted by atomic mass is 19.4. The lowest BCUT2D eigenvalue weighted by Crippen LogP contribution is -2.48. The van der Waals surface area contributed by atoms with Crippen molar-refractivity contribution in [3.05, 3.63) is 54.1 Å². The van der Waals surface area contributed by atoms with Gasteiger partial charge in [-0.25, -0.2) is 0 Å². The second-order valence-corrected chi connectivity index (χ2v) is 9.06. The van der Waals surface area contributed by atoms with Crippen molar-refractivity contribution in [2.45, 2.75) is 50.2 Å². The second-order valence-electron chi connectivity index (χ2n) is 9.06. The van der Waals surface area contributed by atoms with Crippen molar-refractivity contribution in [2.24, 2.45) is 7.05 Å². The van der Waals surface area contributed by atoms with Gasteiger partial charge in [0.1, 0.15) is 5.75 Å². The van der Waals surface area contributed by atoms with Crippen LogP contribution in [0, 0.1) is 0 Å². The molecule has 33 heavy (non-hydrogen) atoms. The average Bonchev–Trinajstić information content (AvgIpc) is 3.15. The molecule has 174 valence electrons. The van der Waals surface area contributed by atoms with E-state index < -0.39 is 6.36 Å². The summed E-state index contributed by atoms with van der Waals surface area (Å²) in [5.41, 5.74) is 2.75. The Bertz CT molecular complexity index is 1170. The molecule has 2 fully saturated rings. The third-order valence-electron chi connectivity index (χ3n) is 7.13. The molecule has 1 N–H and O–H groups in total. The van der Waals surface area contributed by atoms with Crippen LogP contribution in [0.2, 0.25) is 0 Å². The number of hydrogen-bond donors (Lipinski definition) is 1. The van der Waals surface area contributed by atoms with Crippen LogP contribution in [0.4, 0.5) is 13.2 Å². The van der Waals surface area contributed by atoms with Gasteiger partial charge in [-0.2, -0.15) is 0 Å². The van der Waals surface area contributed by atoms with E-state index in [0.29, 0.717) is 28.9 Å². The van der Waals surface area contributed by atoms with Crippen LogP contribution in [-0.4, -0.2) is 46.9 Å². The fourth-order valence-corrected chi connectivity index (χ4v) is 5.56. The van der Waals surface area contributed by atoms with E-state index in [-0.39, 0.29) is 17.7 Å². The first-order valence-corrected chi connectivity index (χ1v) is 11.2. The van der Waals surface area contributed by atoms with Gasteiger partial charge in [-0.05, 0) is 68.6 Å². The fourth-order valence-electron chi connectivity index (χ4n) is 5.56. The largest absolute Gasteiger partial charge is 0.573 e. The van der Waals surface area contributed by atoms with Crippen molar-refractivity contribution in [1.29, 1.82) is 0 Å². The first kappa shape index (κ1) is 21.8. The summed E-state index contributed by atoms with van der Waals surface area (Å²) in [7, 11) is 4.03. The van der Waals surface area contributed by atoms with Crippen LogP contribution in [0.1, 0.15) is 36.0 Å². The van der Waals surface area contributed by atoms with E-state index in [1.807, 2.05) is 35.9 Å². The van der Waals surface area contributed by atoms with E-state index >= 15 is 0 Å². The Hall–Kier alpha value is -3.00. The number of carbonyl (C=O) groups is 1. The summed E-state index contributed by atoms with van der Waals surface area (Å²) in [5, 5.41) is 4.08. The number of nitrogens with one attached hydrogen (secondary N) is 1. The van der Waals surface area contributed by atoms with Gasteiger partial charge < -0.3 is 19.5 Å². The highest BCUT2D eigenvalue weighted by Gasteiger charge is 2.39. The highest BCUT2D eigenvalue weighted by molar-refractivity contribution is 6.12. The first-order valence-electron chi connectivity index (χ1n) is 11.2. The minimum Gasteiger partial charge on any atom is -0.406 e. The fraction of sp³-hybridized carbons (Fsp3) is 0.400. The molecule has 2 aliphatic rings. The number of aryl methyl sites for hydroxylation is 1. The van der Waals surface area contributed by atoms with Gasteiger partial charge >= 0.3 is 6.36 Å². The number of benzene rings is 2. The number of halogens is 3. The Labute approximate surface area is 190 Å². The van der Waals surface area contributed by atoms with Gasteiger partial charge in [0.25, 0.3) is 5.91 Å². The van der Waals surface area contributed by atoms with Crippen molar-refractivity contribution in [3.63, 3.8) is 0 Å². The van der Waals surface area contributed by atoms with Gasteiger partial charge in [0.15, 0.2) is 0 Å². The first-order chi connectivity index (χ1) is 15.7. The number of para-hydroxylation sites is 1.